The fourth-order valence-corrected chi connectivity index (χ4v) is 3.03. The highest BCUT2D eigenvalue weighted by atomic mass is 16.5. The number of fused-ring (bicyclic) bond motifs is 1. The van der Waals surface area contributed by atoms with E-state index in [9.17, 15) is 4.79 Å². The third-order valence-corrected chi connectivity index (χ3v) is 4.34. The molecule has 21 heavy (non-hydrogen) atoms. The number of hydrogen-bond acceptors (Lipinski definition) is 4. The first-order valence-electron chi connectivity index (χ1n) is 7.50. The van der Waals surface area contributed by atoms with Crippen LogP contribution in [0.1, 0.15) is 29.8 Å². The smallest absolute Gasteiger partial charge is 0.271 e. The van der Waals surface area contributed by atoms with Gasteiger partial charge in [-0.05, 0) is 24.5 Å². The molecule has 0 aromatic carbocycles. The zero-order chi connectivity index (χ0) is 14.2. The molecule has 1 atom stereocenters. The third kappa shape index (κ3) is 2.40. The summed E-state index contributed by atoms with van der Waals surface area (Å²) in [6, 6.07) is 5.74. The lowest BCUT2D eigenvalue weighted by Crippen LogP contribution is -2.49. The Hall–Kier alpha value is -1.95. The van der Waals surface area contributed by atoms with Crippen molar-refractivity contribution in [2.75, 3.05) is 19.8 Å². The first-order chi connectivity index (χ1) is 10.3. The molecule has 2 aliphatic rings. The molecule has 0 spiro atoms. The topological polar surface area (TPSA) is 59.7 Å². The summed E-state index contributed by atoms with van der Waals surface area (Å²) in [7, 11) is 0. The fraction of sp³-hybridized carbons (Fsp3) is 0.533. The number of carbonyl (C=O) groups excluding carboxylic acids is 1. The van der Waals surface area contributed by atoms with Crippen molar-refractivity contribution in [3.05, 3.63) is 30.2 Å². The summed E-state index contributed by atoms with van der Waals surface area (Å²) in [5, 5.41) is 7.89. The predicted molar refractivity (Wildman–Crippen MR) is 76.0 cm³/mol. The fourth-order valence-electron chi connectivity index (χ4n) is 3.03. The highest BCUT2D eigenvalue weighted by Gasteiger charge is 2.34. The van der Waals surface area contributed by atoms with E-state index in [1.54, 1.807) is 10.7 Å². The Labute approximate surface area is 122 Å². The molecule has 1 saturated carbocycles. The highest BCUT2D eigenvalue weighted by molar-refractivity contribution is 5.93. The molecule has 1 amide bonds. The van der Waals surface area contributed by atoms with Gasteiger partial charge in [-0.3, -0.25) is 9.20 Å². The van der Waals surface area contributed by atoms with Crippen molar-refractivity contribution in [3.63, 3.8) is 0 Å². The Balaban J connectivity index is 1.63. The third-order valence-electron chi connectivity index (χ3n) is 4.34. The molecule has 2 aromatic heterocycles. The van der Waals surface area contributed by atoms with Gasteiger partial charge in [-0.1, -0.05) is 18.9 Å². The minimum Gasteiger partial charge on any atom is -0.377 e. The number of amides is 1. The van der Waals surface area contributed by atoms with Crippen LogP contribution in [0.4, 0.5) is 0 Å². The lowest BCUT2D eigenvalue weighted by atomic mass is 10.1. The lowest BCUT2D eigenvalue weighted by Gasteiger charge is -2.35. The molecule has 2 fully saturated rings. The molecule has 1 aliphatic heterocycles. The summed E-state index contributed by atoms with van der Waals surface area (Å²) in [6.45, 7) is 1.93. The Morgan fingerprint density at radius 2 is 2.29 bits per heavy atom. The molecule has 6 heteroatoms. The molecule has 1 aliphatic carbocycles. The van der Waals surface area contributed by atoms with Crippen molar-refractivity contribution in [1.82, 2.24) is 19.5 Å². The van der Waals surface area contributed by atoms with Gasteiger partial charge in [0.05, 0.1) is 19.3 Å². The summed E-state index contributed by atoms with van der Waals surface area (Å²) in [4.78, 5) is 14.9. The van der Waals surface area contributed by atoms with E-state index >= 15 is 0 Å². The van der Waals surface area contributed by atoms with Crippen LogP contribution in [0, 0.1) is 5.92 Å². The van der Waals surface area contributed by atoms with Crippen LogP contribution < -0.4 is 0 Å². The number of nitrogens with zero attached hydrogens (tertiary/aromatic N) is 4. The Morgan fingerprint density at radius 1 is 1.38 bits per heavy atom. The maximum absolute atomic E-state index is 12.9. The van der Waals surface area contributed by atoms with Gasteiger partial charge in [0.2, 0.25) is 0 Å². The van der Waals surface area contributed by atoms with E-state index in [0.717, 1.165) is 12.3 Å². The van der Waals surface area contributed by atoms with E-state index in [1.165, 1.54) is 12.8 Å². The van der Waals surface area contributed by atoms with E-state index in [-0.39, 0.29) is 11.9 Å². The molecule has 6 nitrogen and oxygen atoms in total. The average Bonchev–Trinajstić information content (AvgIpc) is 3.20. The number of pyridine rings is 1. The molecule has 2 aromatic rings. The van der Waals surface area contributed by atoms with E-state index in [4.69, 9.17) is 4.74 Å². The second-order valence-electron chi connectivity index (χ2n) is 5.88. The summed E-state index contributed by atoms with van der Waals surface area (Å²) >= 11 is 0. The van der Waals surface area contributed by atoms with Crippen LogP contribution in [-0.4, -0.2) is 51.2 Å². The van der Waals surface area contributed by atoms with Gasteiger partial charge in [0.25, 0.3) is 5.91 Å². The van der Waals surface area contributed by atoms with E-state index in [0.29, 0.717) is 31.1 Å². The largest absolute Gasteiger partial charge is 0.377 e. The molecule has 0 N–H and O–H groups in total. The normalized spacial score (nSPS) is 22.7. The van der Waals surface area contributed by atoms with E-state index in [1.807, 2.05) is 23.1 Å². The van der Waals surface area contributed by atoms with Gasteiger partial charge in [-0.15, -0.1) is 10.2 Å². The van der Waals surface area contributed by atoms with Crippen molar-refractivity contribution < 1.29 is 9.53 Å². The minimum atomic E-state index is 0.0503. The van der Waals surface area contributed by atoms with Gasteiger partial charge in [0.1, 0.15) is 12.0 Å². The monoisotopic (exact) mass is 286 g/mol. The summed E-state index contributed by atoms with van der Waals surface area (Å²) < 4.78 is 7.33. The number of hydrogen-bond donors (Lipinski definition) is 0. The second-order valence-corrected chi connectivity index (χ2v) is 5.88. The van der Waals surface area contributed by atoms with Crippen LogP contribution in [0.15, 0.2) is 24.5 Å². The zero-order valence-corrected chi connectivity index (χ0v) is 11.8. The van der Waals surface area contributed by atoms with Crippen LogP contribution in [0.25, 0.3) is 5.65 Å². The number of morpholine rings is 1. The average molecular weight is 286 g/mol. The van der Waals surface area contributed by atoms with Crippen molar-refractivity contribution in [2.45, 2.75) is 25.3 Å². The summed E-state index contributed by atoms with van der Waals surface area (Å²) in [5.41, 5.74) is 1.33. The van der Waals surface area contributed by atoms with Crippen LogP contribution in [-0.2, 0) is 4.74 Å². The zero-order valence-electron chi connectivity index (χ0n) is 11.8. The van der Waals surface area contributed by atoms with Gasteiger partial charge >= 0.3 is 0 Å². The molecule has 0 bridgehead atoms. The van der Waals surface area contributed by atoms with Gasteiger partial charge in [0.15, 0.2) is 5.65 Å². The maximum atomic E-state index is 12.9. The molecular weight excluding hydrogens is 268 g/mol. The molecule has 1 saturated heterocycles. The first-order valence-corrected chi connectivity index (χ1v) is 7.50. The highest BCUT2D eigenvalue weighted by Crippen LogP contribution is 2.35. The Bertz CT molecular complexity index is 664. The summed E-state index contributed by atoms with van der Waals surface area (Å²) in [6.07, 6.45) is 5.24. The van der Waals surface area contributed by atoms with Gasteiger partial charge in [-0.2, -0.15) is 0 Å². The van der Waals surface area contributed by atoms with Crippen molar-refractivity contribution in [3.8, 4) is 0 Å². The SMILES string of the molecule is O=C(c1cccc2nncn12)N1CCOCC1CC1CC1. The summed E-state index contributed by atoms with van der Waals surface area (Å²) in [5.74, 6) is 0.826. The van der Waals surface area contributed by atoms with Crippen LogP contribution in [0.5, 0.6) is 0 Å². The van der Waals surface area contributed by atoms with Crippen LogP contribution in [0.3, 0.4) is 0 Å². The first kappa shape index (κ1) is 12.8. The van der Waals surface area contributed by atoms with Crippen LogP contribution in [0.2, 0.25) is 0 Å². The standard InChI is InChI=1S/C15H18N4O2/c20-15(13-2-1-3-14-17-16-10-19(13)14)18-6-7-21-9-12(18)8-11-4-5-11/h1-3,10-12H,4-9H2. The van der Waals surface area contributed by atoms with E-state index < -0.39 is 0 Å². The molecule has 3 heterocycles. The van der Waals surface area contributed by atoms with Crippen molar-refractivity contribution >= 4 is 11.6 Å². The van der Waals surface area contributed by atoms with Gasteiger partial charge in [-0.25, -0.2) is 0 Å². The second kappa shape index (κ2) is 5.11. The maximum Gasteiger partial charge on any atom is 0.271 e. The quantitative estimate of drug-likeness (QED) is 0.855. The number of ether oxygens (including phenoxy) is 1. The van der Waals surface area contributed by atoms with Crippen molar-refractivity contribution in [2.24, 2.45) is 5.92 Å². The number of carbonyl (C=O) groups is 1. The van der Waals surface area contributed by atoms with Gasteiger partial charge in [0, 0.05) is 6.54 Å². The number of aromatic nitrogens is 3. The molecule has 0 radical (unpaired) electrons. The molecule has 110 valence electrons. The molecular formula is C15H18N4O2. The predicted octanol–water partition coefficient (Wildman–Crippen LogP) is 1.37. The van der Waals surface area contributed by atoms with Crippen LogP contribution >= 0.6 is 0 Å². The number of rotatable bonds is 3. The molecule has 1 unspecified atom stereocenters. The van der Waals surface area contributed by atoms with Gasteiger partial charge < -0.3 is 9.64 Å². The minimum absolute atomic E-state index is 0.0503. The lowest BCUT2D eigenvalue weighted by molar-refractivity contribution is -0.00607. The Morgan fingerprint density at radius 3 is 3.14 bits per heavy atom. The Kier molecular flexibility index (Phi) is 3.11. The molecule has 4 rings (SSSR count). The van der Waals surface area contributed by atoms with Crippen molar-refractivity contribution in [1.29, 1.82) is 0 Å². The van der Waals surface area contributed by atoms with E-state index in [2.05, 4.69) is 10.2 Å².